The number of aliphatic imine (C=N–C) groups is 1. The van der Waals surface area contributed by atoms with E-state index in [2.05, 4.69) is 42.4 Å². The molecule has 0 saturated heterocycles. The van der Waals surface area contributed by atoms with Crippen LogP contribution in [0.5, 0.6) is 0 Å². The van der Waals surface area contributed by atoms with Crippen LogP contribution in [0, 0.1) is 0 Å². The van der Waals surface area contributed by atoms with Crippen molar-refractivity contribution in [3.8, 4) is 0 Å². The molecule has 0 spiro atoms. The largest absolute Gasteiger partial charge is 0.365 e. The fourth-order valence-electron chi connectivity index (χ4n) is 1.35. The zero-order valence-corrected chi connectivity index (χ0v) is 9.33. The van der Waals surface area contributed by atoms with Crippen molar-refractivity contribution >= 4 is 5.84 Å². The summed E-state index contributed by atoms with van der Waals surface area (Å²) in [6, 6.07) is 0.773. The number of fused-ring (bicyclic) bond motifs is 1. The normalized spacial score (nSPS) is 27.2. The predicted molar refractivity (Wildman–Crippen MR) is 62.7 cm³/mol. The van der Waals surface area contributed by atoms with Crippen molar-refractivity contribution in [3.05, 3.63) is 24.3 Å². The molecule has 14 heavy (non-hydrogen) atoms. The van der Waals surface area contributed by atoms with Crippen molar-refractivity contribution in [3.63, 3.8) is 0 Å². The van der Waals surface area contributed by atoms with Crippen LogP contribution in [0.1, 0.15) is 33.6 Å². The Morgan fingerprint density at radius 2 is 1.86 bits per heavy atom. The molecule has 0 radical (unpaired) electrons. The van der Waals surface area contributed by atoms with Crippen LogP contribution in [0.2, 0.25) is 0 Å². The Bertz CT molecular complexity index is 249. The second-order valence-electron chi connectivity index (χ2n) is 3.65. The molecule has 78 valence electrons. The minimum absolute atomic E-state index is 0.352. The van der Waals surface area contributed by atoms with Crippen LogP contribution < -0.4 is 5.32 Å². The molecule has 2 nitrogen and oxygen atoms in total. The molecule has 0 aromatic heterocycles. The summed E-state index contributed by atoms with van der Waals surface area (Å²) in [7, 11) is 0. The minimum atomic E-state index is 0.352. The Balaban J connectivity index is 0.000000213. The first-order valence-corrected chi connectivity index (χ1v) is 5.43. The first-order valence-electron chi connectivity index (χ1n) is 5.43. The zero-order valence-electron chi connectivity index (χ0n) is 9.33. The maximum absolute atomic E-state index is 4.38. The van der Waals surface area contributed by atoms with Crippen molar-refractivity contribution in [1.29, 1.82) is 0 Å². The lowest BCUT2D eigenvalue weighted by Gasteiger charge is -2.12. The molecule has 0 aromatic rings. The quantitative estimate of drug-likeness (QED) is 0.678. The second kappa shape index (κ2) is 5.63. The number of nitrogens with zero attached hydrogens (tertiary/aromatic N) is 1. The van der Waals surface area contributed by atoms with Crippen molar-refractivity contribution < 1.29 is 0 Å². The van der Waals surface area contributed by atoms with Gasteiger partial charge in [0, 0.05) is 0 Å². The Hall–Kier alpha value is -1.05. The van der Waals surface area contributed by atoms with Gasteiger partial charge in [-0.25, -0.2) is 0 Å². The standard InChI is InChI=1S/C8H10N2.C4H10/c1-6-9-7-4-2-3-5-8(7)10-6;1-3-4-2/h2-5,7-8H,1H3,(H,9,10);3-4H2,1-2H3. The van der Waals surface area contributed by atoms with E-state index >= 15 is 0 Å². The van der Waals surface area contributed by atoms with E-state index in [4.69, 9.17) is 0 Å². The van der Waals surface area contributed by atoms with E-state index in [-0.39, 0.29) is 0 Å². The smallest absolute Gasteiger partial charge is 0.0945 e. The van der Waals surface area contributed by atoms with Gasteiger partial charge in [-0.15, -0.1) is 0 Å². The molecular formula is C12H20N2. The third-order valence-corrected chi connectivity index (χ3v) is 2.32. The van der Waals surface area contributed by atoms with E-state index in [1.165, 1.54) is 12.8 Å². The lowest BCUT2D eigenvalue weighted by molar-refractivity contribution is 0.694. The van der Waals surface area contributed by atoms with Gasteiger partial charge < -0.3 is 5.32 Å². The molecule has 2 heteroatoms. The predicted octanol–water partition coefficient (Wildman–Crippen LogP) is 2.68. The summed E-state index contributed by atoms with van der Waals surface area (Å²) in [6.07, 6.45) is 11.0. The maximum Gasteiger partial charge on any atom is 0.0945 e. The number of rotatable bonds is 1. The van der Waals surface area contributed by atoms with Gasteiger partial charge in [-0.3, -0.25) is 4.99 Å². The number of nitrogens with one attached hydrogen (secondary N) is 1. The number of hydrogen-bond acceptors (Lipinski definition) is 2. The molecule has 0 saturated carbocycles. The van der Waals surface area contributed by atoms with Crippen molar-refractivity contribution in [2.24, 2.45) is 4.99 Å². The molecular weight excluding hydrogens is 172 g/mol. The van der Waals surface area contributed by atoms with Gasteiger partial charge >= 0.3 is 0 Å². The molecule has 0 amide bonds. The second-order valence-corrected chi connectivity index (χ2v) is 3.65. The molecule has 2 unspecified atom stereocenters. The van der Waals surface area contributed by atoms with Crippen molar-refractivity contribution in [1.82, 2.24) is 5.32 Å². The maximum atomic E-state index is 4.38. The van der Waals surface area contributed by atoms with Gasteiger partial charge in [0.15, 0.2) is 0 Å². The third kappa shape index (κ3) is 3.02. The number of allylic oxidation sites excluding steroid dienone is 2. The molecule has 2 aliphatic rings. The SMILES string of the molecule is CC1=NC2C=CC=CC2N1.CCCC. The molecule has 2 rings (SSSR count). The topological polar surface area (TPSA) is 24.4 Å². The van der Waals surface area contributed by atoms with E-state index in [0.717, 1.165) is 5.84 Å². The molecule has 1 aliphatic carbocycles. The first kappa shape index (κ1) is 11.0. The van der Waals surface area contributed by atoms with Crippen molar-refractivity contribution in [2.45, 2.75) is 45.7 Å². The lowest BCUT2D eigenvalue weighted by atomic mass is 10.1. The van der Waals surface area contributed by atoms with E-state index < -0.39 is 0 Å². The van der Waals surface area contributed by atoms with Gasteiger partial charge in [0.2, 0.25) is 0 Å². The Labute approximate surface area is 86.8 Å². The number of unbranched alkanes of at least 4 members (excludes halogenated alkanes) is 1. The highest BCUT2D eigenvalue weighted by molar-refractivity contribution is 5.82. The highest BCUT2D eigenvalue weighted by Crippen LogP contribution is 2.13. The fourth-order valence-corrected chi connectivity index (χ4v) is 1.35. The zero-order chi connectivity index (χ0) is 10.4. The van der Waals surface area contributed by atoms with E-state index in [0.29, 0.717) is 12.1 Å². The van der Waals surface area contributed by atoms with E-state index in [1.54, 1.807) is 0 Å². The molecule has 0 aromatic carbocycles. The van der Waals surface area contributed by atoms with Crippen LogP contribution in [-0.2, 0) is 0 Å². The lowest BCUT2D eigenvalue weighted by Crippen LogP contribution is -2.31. The highest BCUT2D eigenvalue weighted by Gasteiger charge is 2.22. The highest BCUT2D eigenvalue weighted by atomic mass is 15.1. The summed E-state index contributed by atoms with van der Waals surface area (Å²) in [5, 5.41) is 3.27. The van der Waals surface area contributed by atoms with Crippen LogP contribution in [0.25, 0.3) is 0 Å². The van der Waals surface area contributed by atoms with Crippen LogP contribution in [0.4, 0.5) is 0 Å². The van der Waals surface area contributed by atoms with Gasteiger partial charge in [-0.2, -0.15) is 0 Å². The summed E-state index contributed by atoms with van der Waals surface area (Å²) in [4.78, 5) is 4.38. The summed E-state index contributed by atoms with van der Waals surface area (Å²) in [6.45, 7) is 6.36. The molecule has 1 aliphatic heterocycles. The molecule has 0 fully saturated rings. The Kier molecular flexibility index (Phi) is 4.44. The van der Waals surface area contributed by atoms with Crippen LogP contribution in [0.3, 0.4) is 0 Å². The average molecular weight is 192 g/mol. The third-order valence-electron chi connectivity index (χ3n) is 2.32. The Morgan fingerprint density at radius 1 is 1.21 bits per heavy atom. The first-order chi connectivity index (χ1) is 6.77. The van der Waals surface area contributed by atoms with Gasteiger partial charge in [0.05, 0.1) is 17.9 Å². The minimum Gasteiger partial charge on any atom is -0.365 e. The monoisotopic (exact) mass is 192 g/mol. The van der Waals surface area contributed by atoms with Gasteiger partial charge in [0.25, 0.3) is 0 Å². The summed E-state index contributed by atoms with van der Waals surface area (Å²) < 4.78 is 0. The van der Waals surface area contributed by atoms with Gasteiger partial charge in [-0.1, -0.05) is 51.0 Å². The van der Waals surface area contributed by atoms with E-state index in [9.17, 15) is 0 Å². The van der Waals surface area contributed by atoms with Crippen LogP contribution in [-0.4, -0.2) is 17.9 Å². The van der Waals surface area contributed by atoms with Crippen LogP contribution in [0.15, 0.2) is 29.3 Å². The molecule has 0 bridgehead atoms. The van der Waals surface area contributed by atoms with E-state index in [1.807, 2.05) is 13.0 Å². The summed E-state index contributed by atoms with van der Waals surface area (Å²) in [5.41, 5.74) is 0. The summed E-state index contributed by atoms with van der Waals surface area (Å²) >= 11 is 0. The van der Waals surface area contributed by atoms with Crippen LogP contribution >= 0.6 is 0 Å². The fraction of sp³-hybridized carbons (Fsp3) is 0.583. The number of amidine groups is 1. The van der Waals surface area contributed by atoms with Crippen molar-refractivity contribution in [2.75, 3.05) is 0 Å². The Morgan fingerprint density at radius 3 is 2.43 bits per heavy atom. The molecule has 1 heterocycles. The molecule has 1 N–H and O–H groups in total. The molecule has 2 atom stereocenters. The van der Waals surface area contributed by atoms with Gasteiger partial charge in [0.1, 0.15) is 0 Å². The van der Waals surface area contributed by atoms with Gasteiger partial charge in [-0.05, 0) is 6.92 Å². The summed E-state index contributed by atoms with van der Waals surface area (Å²) in [5.74, 6) is 1.05. The number of hydrogen-bond donors (Lipinski definition) is 1. The average Bonchev–Trinajstić information content (AvgIpc) is 2.58.